The molecule has 1 atom stereocenters. The van der Waals surface area contributed by atoms with E-state index in [1.165, 1.54) is 4.31 Å². The number of ether oxygens (including phenoxy) is 1. The molecule has 0 aromatic heterocycles. The Morgan fingerprint density at radius 3 is 2.48 bits per heavy atom. The number of sulfonamides is 1. The fraction of sp³-hybridized carbons (Fsp3) is 0.500. The van der Waals surface area contributed by atoms with Crippen molar-refractivity contribution in [2.75, 3.05) is 17.1 Å². The van der Waals surface area contributed by atoms with Crippen LogP contribution < -0.4 is 4.31 Å². The second kappa shape index (κ2) is 5.96. The fourth-order valence-electron chi connectivity index (χ4n) is 2.56. The highest BCUT2D eigenvalue weighted by Crippen LogP contribution is 2.32. The van der Waals surface area contributed by atoms with Crippen LogP contribution in [0.3, 0.4) is 0 Å². The van der Waals surface area contributed by atoms with E-state index in [0.717, 1.165) is 6.26 Å². The number of hydrogen-bond acceptors (Lipinski definition) is 5. The largest absolute Gasteiger partial charge is 0.460 e. The summed E-state index contributed by atoms with van der Waals surface area (Å²) in [5.41, 5.74) is 0.0293. The van der Waals surface area contributed by atoms with Gasteiger partial charge in [-0.1, -0.05) is 12.1 Å². The minimum atomic E-state index is -3.54. The van der Waals surface area contributed by atoms with Gasteiger partial charge >= 0.3 is 5.97 Å². The summed E-state index contributed by atoms with van der Waals surface area (Å²) in [4.78, 5) is 24.6. The Labute approximate surface area is 136 Å². The lowest BCUT2D eigenvalue weighted by atomic mass is 9.90. The van der Waals surface area contributed by atoms with E-state index in [9.17, 15) is 18.0 Å². The number of carbonyl (C=O) groups is 2. The van der Waals surface area contributed by atoms with E-state index in [4.69, 9.17) is 4.74 Å². The van der Waals surface area contributed by atoms with Gasteiger partial charge in [-0.2, -0.15) is 0 Å². The van der Waals surface area contributed by atoms with Gasteiger partial charge in [0.2, 0.25) is 10.0 Å². The molecule has 0 bridgehead atoms. The lowest BCUT2D eigenvalue weighted by molar-refractivity contribution is -0.155. The van der Waals surface area contributed by atoms with Crippen LogP contribution in [0.5, 0.6) is 0 Å². The van der Waals surface area contributed by atoms with Gasteiger partial charge in [-0.25, -0.2) is 8.42 Å². The highest BCUT2D eigenvalue weighted by atomic mass is 32.2. The van der Waals surface area contributed by atoms with E-state index in [1.54, 1.807) is 45.0 Å². The minimum absolute atomic E-state index is 0.0477. The normalized spacial score (nSPS) is 18.5. The van der Waals surface area contributed by atoms with Crippen molar-refractivity contribution in [1.82, 2.24) is 0 Å². The number of nitrogens with zero attached hydrogens (tertiary/aromatic N) is 1. The molecule has 1 aromatic carbocycles. The number of benzene rings is 1. The van der Waals surface area contributed by atoms with E-state index in [0.29, 0.717) is 11.3 Å². The van der Waals surface area contributed by atoms with E-state index >= 15 is 0 Å². The van der Waals surface area contributed by atoms with Crippen LogP contribution in [0.25, 0.3) is 0 Å². The van der Waals surface area contributed by atoms with Gasteiger partial charge in [0.15, 0.2) is 5.78 Å². The first kappa shape index (κ1) is 17.5. The van der Waals surface area contributed by atoms with Crippen molar-refractivity contribution >= 4 is 27.5 Å². The third kappa shape index (κ3) is 4.10. The molecular weight excluding hydrogens is 318 g/mol. The lowest BCUT2D eigenvalue weighted by Crippen LogP contribution is -2.43. The molecule has 0 N–H and O–H groups in total. The second-order valence-corrected chi connectivity index (χ2v) is 8.57. The van der Waals surface area contributed by atoms with Gasteiger partial charge in [-0.05, 0) is 32.9 Å². The molecule has 0 amide bonds. The van der Waals surface area contributed by atoms with Crippen molar-refractivity contribution in [3.63, 3.8) is 0 Å². The first-order valence-electron chi connectivity index (χ1n) is 7.32. The van der Waals surface area contributed by atoms with Gasteiger partial charge in [0.1, 0.15) is 5.60 Å². The summed E-state index contributed by atoms with van der Waals surface area (Å²) in [7, 11) is -3.54. The lowest BCUT2D eigenvalue weighted by Gasteiger charge is -2.33. The Kier molecular flexibility index (Phi) is 4.52. The maximum atomic E-state index is 12.6. The number of esters is 1. The summed E-state index contributed by atoms with van der Waals surface area (Å²) in [6.45, 7) is 5.18. The van der Waals surface area contributed by atoms with Crippen LogP contribution in [0.15, 0.2) is 24.3 Å². The third-order valence-corrected chi connectivity index (χ3v) is 4.58. The molecule has 0 saturated carbocycles. The van der Waals surface area contributed by atoms with E-state index in [1.807, 2.05) is 0 Å². The molecule has 1 heterocycles. The second-order valence-electron chi connectivity index (χ2n) is 6.66. The summed E-state index contributed by atoms with van der Waals surface area (Å²) >= 11 is 0. The van der Waals surface area contributed by atoms with Crippen LogP contribution in [0.4, 0.5) is 5.69 Å². The Balaban J connectivity index is 2.31. The molecule has 126 valence electrons. The van der Waals surface area contributed by atoms with Gasteiger partial charge in [-0.15, -0.1) is 0 Å². The van der Waals surface area contributed by atoms with Crippen molar-refractivity contribution < 1.29 is 22.7 Å². The molecule has 1 aliphatic heterocycles. The Morgan fingerprint density at radius 2 is 1.91 bits per heavy atom. The van der Waals surface area contributed by atoms with Gasteiger partial charge in [0, 0.05) is 12.1 Å². The molecule has 1 unspecified atom stereocenters. The summed E-state index contributed by atoms with van der Waals surface area (Å²) in [5, 5.41) is 0. The molecule has 2 rings (SSSR count). The highest BCUT2D eigenvalue weighted by Gasteiger charge is 2.37. The molecule has 1 aromatic rings. The van der Waals surface area contributed by atoms with E-state index < -0.39 is 27.5 Å². The predicted molar refractivity (Wildman–Crippen MR) is 86.9 cm³/mol. The SMILES string of the molecule is CC(C)(C)OC(=O)CC1CN(S(C)(=O)=O)c2ccccc2C1=O. The van der Waals surface area contributed by atoms with Crippen LogP contribution in [-0.4, -0.2) is 38.6 Å². The van der Waals surface area contributed by atoms with Crippen LogP contribution >= 0.6 is 0 Å². The van der Waals surface area contributed by atoms with Crippen molar-refractivity contribution in [3.05, 3.63) is 29.8 Å². The summed E-state index contributed by atoms with van der Waals surface area (Å²) in [6.07, 6.45) is 0.945. The summed E-state index contributed by atoms with van der Waals surface area (Å²) in [6, 6.07) is 6.53. The molecule has 0 aliphatic carbocycles. The molecule has 0 fully saturated rings. The fourth-order valence-corrected chi connectivity index (χ4v) is 3.52. The number of fused-ring (bicyclic) bond motifs is 1. The number of rotatable bonds is 3. The van der Waals surface area contributed by atoms with Crippen molar-refractivity contribution in [2.45, 2.75) is 32.8 Å². The van der Waals surface area contributed by atoms with Crippen molar-refractivity contribution in [2.24, 2.45) is 5.92 Å². The topological polar surface area (TPSA) is 80.8 Å². The third-order valence-electron chi connectivity index (χ3n) is 3.43. The van der Waals surface area contributed by atoms with Crippen LogP contribution in [0.2, 0.25) is 0 Å². The molecule has 6 nitrogen and oxygen atoms in total. The van der Waals surface area contributed by atoms with Crippen LogP contribution in [-0.2, 0) is 19.6 Å². The monoisotopic (exact) mass is 339 g/mol. The zero-order chi connectivity index (χ0) is 17.4. The van der Waals surface area contributed by atoms with Gasteiger partial charge in [-0.3, -0.25) is 13.9 Å². The number of hydrogen-bond donors (Lipinski definition) is 0. The average Bonchev–Trinajstić information content (AvgIpc) is 2.38. The molecule has 0 radical (unpaired) electrons. The number of carbonyl (C=O) groups excluding carboxylic acids is 2. The number of ketones is 1. The molecule has 1 aliphatic rings. The zero-order valence-corrected chi connectivity index (χ0v) is 14.5. The molecule has 0 spiro atoms. The standard InChI is InChI=1S/C16H21NO5S/c1-16(2,3)22-14(18)9-11-10-17(23(4,20)21)13-8-6-5-7-12(13)15(11)19/h5-8,11H,9-10H2,1-4H3. The maximum absolute atomic E-state index is 12.6. The minimum Gasteiger partial charge on any atom is -0.460 e. The quantitative estimate of drug-likeness (QED) is 0.787. The highest BCUT2D eigenvalue weighted by molar-refractivity contribution is 7.92. The molecule has 23 heavy (non-hydrogen) atoms. The Bertz CT molecular complexity index is 733. The summed E-state index contributed by atoms with van der Waals surface area (Å²) < 4.78 is 30.4. The smallest absolute Gasteiger partial charge is 0.307 e. The first-order chi connectivity index (χ1) is 10.5. The van der Waals surface area contributed by atoms with E-state index in [2.05, 4.69) is 0 Å². The van der Waals surface area contributed by atoms with Crippen molar-refractivity contribution in [3.8, 4) is 0 Å². The zero-order valence-electron chi connectivity index (χ0n) is 13.7. The van der Waals surface area contributed by atoms with Crippen LogP contribution in [0.1, 0.15) is 37.6 Å². The number of anilines is 1. The Hall–Kier alpha value is -1.89. The van der Waals surface area contributed by atoms with E-state index in [-0.39, 0.29) is 18.7 Å². The number of Topliss-reactive ketones (excluding diaryl/α,β-unsaturated/α-hetero) is 1. The molecule has 0 saturated heterocycles. The van der Waals surface area contributed by atoms with Crippen LogP contribution in [0, 0.1) is 5.92 Å². The Morgan fingerprint density at radius 1 is 1.30 bits per heavy atom. The average molecular weight is 339 g/mol. The number of para-hydroxylation sites is 1. The summed E-state index contributed by atoms with van der Waals surface area (Å²) in [5.74, 6) is -1.48. The molecule has 7 heteroatoms. The van der Waals surface area contributed by atoms with Gasteiger partial charge in [0.25, 0.3) is 0 Å². The molecular formula is C16H21NO5S. The predicted octanol–water partition coefficient (Wildman–Crippen LogP) is 2.00. The van der Waals surface area contributed by atoms with Gasteiger partial charge < -0.3 is 4.74 Å². The van der Waals surface area contributed by atoms with Crippen molar-refractivity contribution in [1.29, 1.82) is 0 Å². The maximum Gasteiger partial charge on any atom is 0.307 e. The first-order valence-corrected chi connectivity index (χ1v) is 9.16. The van der Waals surface area contributed by atoms with Gasteiger partial charge in [0.05, 0.1) is 24.3 Å².